The van der Waals surface area contributed by atoms with E-state index in [1.165, 1.54) is 0 Å². The second kappa shape index (κ2) is 11.1. The molecule has 0 bridgehead atoms. The Morgan fingerprint density at radius 1 is 1.06 bits per heavy atom. The first kappa shape index (κ1) is 24.3. The van der Waals surface area contributed by atoms with Gasteiger partial charge in [0.15, 0.2) is 0 Å². The van der Waals surface area contributed by atoms with Crippen LogP contribution in [0.2, 0.25) is 5.02 Å². The Morgan fingerprint density at radius 3 is 2.71 bits per heavy atom. The third-order valence-corrected chi connectivity index (χ3v) is 7.66. The average molecular weight is 497 g/mol. The number of aromatic nitrogens is 2. The Bertz CT molecular complexity index is 1050. The lowest BCUT2D eigenvalue weighted by atomic mass is 9.82. The van der Waals surface area contributed by atoms with Crippen molar-refractivity contribution in [2.75, 3.05) is 43.6 Å². The third-order valence-electron chi connectivity index (χ3n) is 7.36. The lowest BCUT2D eigenvalue weighted by Crippen LogP contribution is -2.37. The molecular formula is C26H33ClN6O2. The SMILES string of the molecule is N#CC1(CNc2cccc(-c3cc(N[C@@H]4CC[C@@H](NC5CCOC5)C4)ncc3Cl)n2)CCOCC1. The largest absolute Gasteiger partial charge is 0.381 e. The second-order valence-electron chi connectivity index (χ2n) is 9.89. The molecular weight excluding hydrogens is 464 g/mol. The molecule has 2 aliphatic heterocycles. The minimum Gasteiger partial charge on any atom is -0.381 e. The van der Waals surface area contributed by atoms with Gasteiger partial charge < -0.3 is 25.4 Å². The van der Waals surface area contributed by atoms with E-state index in [0.29, 0.717) is 42.9 Å². The zero-order valence-corrected chi connectivity index (χ0v) is 20.7. The van der Waals surface area contributed by atoms with Crippen LogP contribution < -0.4 is 16.0 Å². The lowest BCUT2D eigenvalue weighted by Gasteiger charge is -2.30. The summed E-state index contributed by atoms with van der Waals surface area (Å²) in [5, 5.41) is 21.0. The van der Waals surface area contributed by atoms with E-state index in [1.54, 1.807) is 6.20 Å². The third kappa shape index (κ3) is 6.04. The summed E-state index contributed by atoms with van der Waals surface area (Å²) in [5.74, 6) is 1.54. The van der Waals surface area contributed by atoms with Gasteiger partial charge in [0.2, 0.25) is 0 Å². The fourth-order valence-corrected chi connectivity index (χ4v) is 5.42. The molecule has 0 amide bonds. The quantitative estimate of drug-likeness (QED) is 0.498. The van der Waals surface area contributed by atoms with E-state index >= 15 is 0 Å². The fourth-order valence-electron chi connectivity index (χ4n) is 5.22. The topological polar surface area (TPSA) is 104 Å². The molecule has 0 radical (unpaired) electrons. The maximum Gasteiger partial charge on any atom is 0.126 e. The first-order valence-corrected chi connectivity index (χ1v) is 13.0. The van der Waals surface area contributed by atoms with Gasteiger partial charge in [0, 0.05) is 56.3 Å². The van der Waals surface area contributed by atoms with Gasteiger partial charge in [0.05, 0.1) is 28.8 Å². The average Bonchev–Trinajstić information content (AvgIpc) is 3.57. The summed E-state index contributed by atoms with van der Waals surface area (Å²) >= 11 is 6.53. The van der Waals surface area contributed by atoms with Crippen LogP contribution >= 0.6 is 11.6 Å². The van der Waals surface area contributed by atoms with Crippen LogP contribution in [0.1, 0.15) is 38.5 Å². The molecule has 8 nitrogen and oxygen atoms in total. The Balaban J connectivity index is 1.23. The molecule has 3 atom stereocenters. The highest BCUT2D eigenvalue weighted by molar-refractivity contribution is 6.33. The second-order valence-corrected chi connectivity index (χ2v) is 10.3. The molecule has 0 spiro atoms. The normalized spacial score (nSPS) is 25.8. The Morgan fingerprint density at radius 2 is 1.91 bits per heavy atom. The molecule has 9 heteroatoms. The molecule has 3 N–H and O–H groups in total. The molecule has 35 heavy (non-hydrogen) atoms. The predicted molar refractivity (Wildman–Crippen MR) is 136 cm³/mol. The molecule has 2 aromatic heterocycles. The van der Waals surface area contributed by atoms with Gasteiger partial charge >= 0.3 is 0 Å². The van der Waals surface area contributed by atoms with Crippen molar-refractivity contribution in [1.29, 1.82) is 5.26 Å². The van der Waals surface area contributed by atoms with Crippen molar-refractivity contribution < 1.29 is 9.47 Å². The van der Waals surface area contributed by atoms with Crippen LogP contribution in [-0.2, 0) is 9.47 Å². The van der Waals surface area contributed by atoms with Gasteiger partial charge in [0.1, 0.15) is 11.6 Å². The van der Waals surface area contributed by atoms with Crippen LogP contribution in [0.15, 0.2) is 30.5 Å². The first-order chi connectivity index (χ1) is 17.1. The van der Waals surface area contributed by atoms with E-state index in [0.717, 1.165) is 74.6 Å². The summed E-state index contributed by atoms with van der Waals surface area (Å²) in [4.78, 5) is 9.30. The Hall–Kier alpha value is -2.44. The molecule has 3 aliphatic rings. The van der Waals surface area contributed by atoms with E-state index in [9.17, 15) is 5.26 Å². The maximum atomic E-state index is 9.72. The van der Waals surface area contributed by atoms with E-state index in [4.69, 9.17) is 26.1 Å². The minimum atomic E-state index is -0.417. The number of nitrogens with one attached hydrogen (secondary N) is 3. The molecule has 1 saturated carbocycles. The molecule has 1 unspecified atom stereocenters. The van der Waals surface area contributed by atoms with Crippen LogP contribution in [-0.4, -0.2) is 61.1 Å². The summed E-state index contributed by atoms with van der Waals surface area (Å²) < 4.78 is 10.9. The summed E-state index contributed by atoms with van der Waals surface area (Å²) in [6.07, 6.45) is 7.58. The molecule has 4 heterocycles. The Labute approximate surface area is 211 Å². The Kier molecular flexibility index (Phi) is 7.69. The number of pyridine rings is 2. The van der Waals surface area contributed by atoms with Crippen molar-refractivity contribution in [2.45, 2.75) is 56.7 Å². The standard InChI is InChI=1S/C26H33ClN6O2/c27-22-14-29-25(32-19-5-4-18(12-19)31-20-6-9-35-15-20)13-21(22)23-2-1-3-24(33-23)30-17-26(16-28)7-10-34-11-8-26/h1-3,13-14,18-20,31H,4-12,15,17H2,(H,29,32)(H,30,33)/t18-,19-,20?/m1/s1. The molecule has 186 valence electrons. The number of nitrogens with zero attached hydrogens (tertiary/aromatic N) is 3. The van der Waals surface area contributed by atoms with E-state index in [2.05, 4.69) is 27.0 Å². The van der Waals surface area contributed by atoms with Crippen molar-refractivity contribution in [1.82, 2.24) is 15.3 Å². The van der Waals surface area contributed by atoms with E-state index < -0.39 is 5.41 Å². The summed E-state index contributed by atoms with van der Waals surface area (Å²) in [5.41, 5.74) is 1.19. The molecule has 1 aliphatic carbocycles. The highest BCUT2D eigenvalue weighted by Gasteiger charge is 2.32. The van der Waals surface area contributed by atoms with Gasteiger partial charge in [-0.05, 0) is 56.7 Å². The van der Waals surface area contributed by atoms with E-state index in [-0.39, 0.29) is 0 Å². The van der Waals surface area contributed by atoms with Gasteiger partial charge in [-0.25, -0.2) is 9.97 Å². The molecule has 2 aromatic rings. The van der Waals surface area contributed by atoms with Gasteiger partial charge in [-0.3, -0.25) is 0 Å². The summed E-state index contributed by atoms with van der Waals surface area (Å²) in [6, 6.07) is 11.7. The monoisotopic (exact) mass is 496 g/mol. The number of anilines is 2. The van der Waals surface area contributed by atoms with Crippen molar-refractivity contribution in [3.8, 4) is 17.3 Å². The number of hydrogen-bond donors (Lipinski definition) is 3. The van der Waals surface area contributed by atoms with Crippen LogP contribution in [0.25, 0.3) is 11.3 Å². The van der Waals surface area contributed by atoms with Crippen molar-refractivity contribution in [3.63, 3.8) is 0 Å². The van der Waals surface area contributed by atoms with Crippen molar-refractivity contribution in [3.05, 3.63) is 35.5 Å². The van der Waals surface area contributed by atoms with Gasteiger partial charge in [-0.15, -0.1) is 0 Å². The number of halogens is 1. The van der Waals surface area contributed by atoms with Crippen LogP contribution in [0, 0.1) is 16.7 Å². The van der Waals surface area contributed by atoms with Gasteiger partial charge in [-0.2, -0.15) is 5.26 Å². The zero-order valence-electron chi connectivity index (χ0n) is 19.9. The van der Waals surface area contributed by atoms with Crippen molar-refractivity contribution >= 4 is 23.2 Å². The number of hydrogen-bond acceptors (Lipinski definition) is 8. The molecule has 2 saturated heterocycles. The fraction of sp³-hybridized carbons (Fsp3) is 0.577. The van der Waals surface area contributed by atoms with Crippen LogP contribution in [0.4, 0.5) is 11.6 Å². The zero-order chi connectivity index (χ0) is 24.1. The molecule has 3 fully saturated rings. The summed E-state index contributed by atoms with van der Waals surface area (Å²) in [6.45, 7) is 3.48. The smallest absolute Gasteiger partial charge is 0.126 e. The number of nitriles is 1. The lowest BCUT2D eigenvalue weighted by molar-refractivity contribution is 0.0455. The minimum absolute atomic E-state index is 0.374. The maximum absolute atomic E-state index is 9.72. The predicted octanol–water partition coefficient (Wildman–Crippen LogP) is 4.24. The molecule has 5 rings (SSSR count). The van der Waals surface area contributed by atoms with Gasteiger partial charge in [-0.1, -0.05) is 17.7 Å². The molecule has 0 aromatic carbocycles. The highest BCUT2D eigenvalue weighted by Crippen LogP contribution is 2.32. The van der Waals surface area contributed by atoms with Gasteiger partial charge in [0.25, 0.3) is 0 Å². The van der Waals surface area contributed by atoms with Crippen molar-refractivity contribution in [2.24, 2.45) is 5.41 Å². The number of rotatable bonds is 8. The highest BCUT2D eigenvalue weighted by atomic mass is 35.5. The number of ether oxygens (including phenoxy) is 2. The van der Waals surface area contributed by atoms with Crippen LogP contribution in [0.3, 0.4) is 0 Å². The van der Waals surface area contributed by atoms with Crippen LogP contribution in [0.5, 0.6) is 0 Å². The first-order valence-electron chi connectivity index (χ1n) is 12.6. The van der Waals surface area contributed by atoms with E-state index in [1.807, 2.05) is 24.3 Å². The summed E-state index contributed by atoms with van der Waals surface area (Å²) in [7, 11) is 0.